The van der Waals surface area contributed by atoms with Crippen molar-refractivity contribution in [2.75, 3.05) is 0 Å². The van der Waals surface area contributed by atoms with Crippen LogP contribution in [0.15, 0.2) is 39.2 Å². The maximum absolute atomic E-state index is 10.7. The van der Waals surface area contributed by atoms with Crippen LogP contribution in [0.1, 0.15) is 12.7 Å². The first-order chi connectivity index (χ1) is 8.97. The van der Waals surface area contributed by atoms with E-state index in [-0.39, 0.29) is 5.69 Å². The Morgan fingerprint density at radius 3 is 2.74 bits per heavy atom. The number of rotatable bonds is 4. The van der Waals surface area contributed by atoms with E-state index in [1.807, 2.05) is 0 Å². The summed E-state index contributed by atoms with van der Waals surface area (Å²) in [4.78, 5) is 10.3. The van der Waals surface area contributed by atoms with Gasteiger partial charge in [0.1, 0.15) is 11.5 Å². The topological polar surface area (TPSA) is 76.5 Å². The second kappa shape index (κ2) is 5.54. The third kappa shape index (κ3) is 3.21. The van der Waals surface area contributed by atoms with Crippen LogP contribution in [0.4, 0.5) is 5.69 Å². The molecule has 0 aliphatic rings. The molecule has 5 nitrogen and oxygen atoms in total. The van der Waals surface area contributed by atoms with Gasteiger partial charge in [-0.3, -0.25) is 10.1 Å². The van der Waals surface area contributed by atoms with Gasteiger partial charge in [-0.15, -0.1) is 0 Å². The van der Waals surface area contributed by atoms with Crippen LogP contribution in [0.3, 0.4) is 0 Å². The standard InChI is InChI=1S/C13H12BrNO4/c1-8(16)6-10-3-5-13(19-10)9-2-4-12(15(17)18)11(14)7-9/h2-5,7-8,16H,6H2,1H3. The third-order valence-corrected chi connectivity index (χ3v) is 3.22. The van der Waals surface area contributed by atoms with Crippen molar-refractivity contribution >= 4 is 21.6 Å². The molecule has 1 aromatic carbocycles. The van der Waals surface area contributed by atoms with E-state index < -0.39 is 11.0 Å². The second-order valence-electron chi connectivity index (χ2n) is 4.24. The molecule has 2 aromatic rings. The van der Waals surface area contributed by atoms with Crippen LogP contribution in [0.5, 0.6) is 0 Å². The number of aliphatic hydroxyl groups is 1. The molecule has 0 saturated heterocycles. The minimum absolute atomic E-state index is 0.0134. The van der Waals surface area contributed by atoms with Crippen LogP contribution >= 0.6 is 15.9 Å². The lowest BCUT2D eigenvalue weighted by atomic mass is 10.1. The summed E-state index contributed by atoms with van der Waals surface area (Å²) >= 11 is 3.17. The summed E-state index contributed by atoms with van der Waals surface area (Å²) in [5.41, 5.74) is 0.758. The van der Waals surface area contributed by atoms with Gasteiger partial charge in [-0.2, -0.15) is 0 Å². The highest BCUT2D eigenvalue weighted by Crippen LogP contribution is 2.31. The summed E-state index contributed by atoms with van der Waals surface area (Å²) in [5.74, 6) is 1.30. The van der Waals surface area contributed by atoms with E-state index in [0.717, 1.165) is 5.56 Å². The summed E-state index contributed by atoms with van der Waals surface area (Å²) in [5, 5.41) is 20.0. The summed E-state index contributed by atoms with van der Waals surface area (Å²) < 4.78 is 5.99. The Balaban J connectivity index is 2.29. The van der Waals surface area contributed by atoms with E-state index >= 15 is 0 Å². The largest absolute Gasteiger partial charge is 0.461 e. The van der Waals surface area contributed by atoms with E-state index in [1.165, 1.54) is 6.07 Å². The third-order valence-electron chi connectivity index (χ3n) is 2.59. The molecule has 1 atom stereocenters. The van der Waals surface area contributed by atoms with Crippen molar-refractivity contribution in [3.8, 4) is 11.3 Å². The number of nitro benzene ring substituents is 1. The predicted molar refractivity (Wildman–Crippen MR) is 73.9 cm³/mol. The van der Waals surface area contributed by atoms with Gasteiger partial charge in [0, 0.05) is 18.1 Å². The average molecular weight is 326 g/mol. The molecule has 0 bridgehead atoms. The lowest BCUT2D eigenvalue weighted by Gasteiger charge is -2.01. The summed E-state index contributed by atoms with van der Waals surface area (Å²) in [7, 11) is 0. The number of halogens is 1. The number of aliphatic hydroxyl groups excluding tert-OH is 1. The smallest absolute Gasteiger partial charge is 0.283 e. The number of hydrogen-bond donors (Lipinski definition) is 1. The van der Waals surface area contributed by atoms with Gasteiger partial charge in [0.25, 0.3) is 5.69 Å². The molecule has 1 aromatic heterocycles. The van der Waals surface area contributed by atoms with Crippen molar-refractivity contribution in [2.24, 2.45) is 0 Å². The number of furan rings is 1. The van der Waals surface area contributed by atoms with Crippen LogP contribution < -0.4 is 0 Å². The normalized spacial score (nSPS) is 12.4. The van der Waals surface area contributed by atoms with Crippen LogP contribution in [0.25, 0.3) is 11.3 Å². The number of hydrogen-bond acceptors (Lipinski definition) is 4. The number of nitro groups is 1. The molecule has 0 radical (unpaired) electrons. The Morgan fingerprint density at radius 2 is 2.16 bits per heavy atom. The molecule has 19 heavy (non-hydrogen) atoms. The molecular formula is C13H12BrNO4. The SMILES string of the molecule is CC(O)Cc1ccc(-c2ccc([N+](=O)[O-])c(Br)c2)o1. The van der Waals surface area contributed by atoms with Crippen LogP contribution in [-0.4, -0.2) is 16.1 Å². The number of nitrogens with zero attached hydrogens (tertiary/aromatic N) is 1. The molecule has 0 aliphatic carbocycles. The fourth-order valence-electron chi connectivity index (χ4n) is 1.74. The van der Waals surface area contributed by atoms with Crippen molar-refractivity contribution in [1.82, 2.24) is 0 Å². The predicted octanol–water partition coefficient (Wildman–Crippen LogP) is 3.54. The van der Waals surface area contributed by atoms with Crippen molar-refractivity contribution in [1.29, 1.82) is 0 Å². The lowest BCUT2D eigenvalue weighted by molar-refractivity contribution is -0.385. The zero-order valence-corrected chi connectivity index (χ0v) is 11.8. The minimum Gasteiger partial charge on any atom is -0.461 e. The molecule has 1 unspecified atom stereocenters. The lowest BCUT2D eigenvalue weighted by Crippen LogP contribution is -2.02. The van der Waals surface area contributed by atoms with Gasteiger partial charge in [-0.25, -0.2) is 0 Å². The molecule has 2 rings (SSSR count). The first-order valence-corrected chi connectivity index (χ1v) is 6.48. The van der Waals surface area contributed by atoms with Gasteiger partial charge < -0.3 is 9.52 Å². The molecule has 0 amide bonds. The van der Waals surface area contributed by atoms with Crippen molar-refractivity contribution in [3.05, 3.63) is 50.7 Å². The first-order valence-electron chi connectivity index (χ1n) is 5.68. The van der Waals surface area contributed by atoms with E-state index in [2.05, 4.69) is 15.9 Å². The van der Waals surface area contributed by atoms with E-state index in [1.54, 1.807) is 31.2 Å². The van der Waals surface area contributed by atoms with Gasteiger partial charge in [0.05, 0.1) is 15.5 Å². The van der Waals surface area contributed by atoms with Crippen LogP contribution in [0, 0.1) is 10.1 Å². The van der Waals surface area contributed by atoms with Crippen LogP contribution in [-0.2, 0) is 6.42 Å². The molecule has 0 saturated carbocycles. The molecule has 0 fully saturated rings. The summed E-state index contributed by atoms with van der Waals surface area (Å²) in [6, 6.07) is 8.27. The number of benzene rings is 1. The summed E-state index contributed by atoms with van der Waals surface area (Å²) in [6.07, 6.45) is -0.0312. The van der Waals surface area contributed by atoms with Crippen molar-refractivity contribution in [3.63, 3.8) is 0 Å². The molecule has 6 heteroatoms. The molecular weight excluding hydrogens is 314 g/mol. The molecule has 1 heterocycles. The van der Waals surface area contributed by atoms with E-state index in [0.29, 0.717) is 22.4 Å². The maximum Gasteiger partial charge on any atom is 0.283 e. The second-order valence-corrected chi connectivity index (χ2v) is 5.10. The monoisotopic (exact) mass is 325 g/mol. The van der Waals surface area contributed by atoms with Gasteiger partial charge >= 0.3 is 0 Å². The zero-order chi connectivity index (χ0) is 14.0. The molecule has 0 aliphatic heterocycles. The van der Waals surface area contributed by atoms with E-state index in [9.17, 15) is 15.2 Å². The van der Waals surface area contributed by atoms with Gasteiger partial charge in [-0.05, 0) is 47.1 Å². The highest BCUT2D eigenvalue weighted by Gasteiger charge is 2.14. The maximum atomic E-state index is 10.7. The Hall–Kier alpha value is -1.66. The Labute approximate surface area is 118 Å². The zero-order valence-electron chi connectivity index (χ0n) is 10.2. The fraction of sp³-hybridized carbons (Fsp3) is 0.231. The van der Waals surface area contributed by atoms with Gasteiger partial charge in [0.2, 0.25) is 0 Å². The fourth-order valence-corrected chi connectivity index (χ4v) is 2.27. The molecule has 100 valence electrons. The highest BCUT2D eigenvalue weighted by atomic mass is 79.9. The van der Waals surface area contributed by atoms with E-state index in [4.69, 9.17) is 4.42 Å². The highest BCUT2D eigenvalue weighted by molar-refractivity contribution is 9.10. The Bertz CT molecular complexity index is 606. The quantitative estimate of drug-likeness (QED) is 0.689. The van der Waals surface area contributed by atoms with Gasteiger partial charge in [0.15, 0.2) is 0 Å². The Morgan fingerprint density at radius 1 is 1.42 bits per heavy atom. The van der Waals surface area contributed by atoms with Crippen LogP contribution in [0.2, 0.25) is 0 Å². The first kappa shape index (κ1) is 13.8. The van der Waals surface area contributed by atoms with Crippen molar-refractivity contribution < 1.29 is 14.4 Å². The average Bonchev–Trinajstić information content (AvgIpc) is 2.75. The summed E-state index contributed by atoms with van der Waals surface area (Å²) in [6.45, 7) is 1.69. The molecule has 1 N–H and O–H groups in total. The minimum atomic E-state index is -0.470. The molecule has 0 spiro atoms. The Kier molecular flexibility index (Phi) is 4.01. The van der Waals surface area contributed by atoms with Crippen molar-refractivity contribution in [2.45, 2.75) is 19.4 Å². The van der Waals surface area contributed by atoms with Gasteiger partial charge in [-0.1, -0.05) is 0 Å².